The van der Waals surface area contributed by atoms with E-state index in [1.807, 2.05) is 6.92 Å². The van der Waals surface area contributed by atoms with Gasteiger partial charge in [0, 0.05) is 0 Å². The van der Waals surface area contributed by atoms with Gasteiger partial charge in [-0.3, -0.25) is 4.79 Å². The zero-order chi connectivity index (χ0) is 20.7. The molecule has 0 aromatic heterocycles. The molecular weight excluding hydrogens is 356 g/mol. The van der Waals surface area contributed by atoms with Crippen LogP contribution in [-0.4, -0.2) is 34.9 Å². The minimum atomic E-state index is -1.67. The van der Waals surface area contributed by atoms with Crippen LogP contribution in [0.2, 0.25) is 0 Å². The molecule has 0 saturated heterocycles. The van der Waals surface area contributed by atoms with E-state index in [0.29, 0.717) is 18.3 Å². The molecule has 5 heteroatoms. The second-order valence-corrected chi connectivity index (χ2v) is 9.64. The molecular formula is C23H34O5. The monoisotopic (exact) mass is 390 g/mol. The highest BCUT2D eigenvalue weighted by molar-refractivity contribution is 5.91. The fraction of sp³-hybridized carbons (Fsp3) is 0.739. The van der Waals surface area contributed by atoms with Crippen LogP contribution in [0.5, 0.6) is 0 Å². The SMILES string of the molecule is CC(C)C1=CC2=CC[C@@H]3[C@](C)(CCC[C@@]3(C)C(=O)OC(=O)C(O)CO)[C@H]2CC1. The molecule has 5 nitrogen and oxygen atoms in total. The average molecular weight is 391 g/mol. The average Bonchev–Trinajstić information content (AvgIpc) is 2.66. The van der Waals surface area contributed by atoms with E-state index in [9.17, 15) is 14.7 Å². The summed E-state index contributed by atoms with van der Waals surface area (Å²) in [5.74, 6) is -0.534. The molecule has 1 saturated carbocycles. The molecule has 0 bridgehead atoms. The Morgan fingerprint density at radius 1 is 1.29 bits per heavy atom. The summed E-state index contributed by atoms with van der Waals surface area (Å²) in [6.07, 6.45) is 8.68. The van der Waals surface area contributed by atoms with E-state index >= 15 is 0 Å². The maximum Gasteiger partial charge on any atom is 0.345 e. The lowest BCUT2D eigenvalue weighted by Crippen LogP contribution is -2.54. The van der Waals surface area contributed by atoms with E-state index in [1.54, 1.807) is 0 Å². The van der Waals surface area contributed by atoms with Crippen LogP contribution in [0.3, 0.4) is 0 Å². The van der Waals surface area contributed by atoms with Crippen LogP contribution in [0.4, 0.5) is 0 Å². The minimum absolute atomic E-state index is 0.00620. The molecule has 0 heterocycles. The number of hydrogen-bond donors (Lipinski definition) is 2. The normalized spacial score (nSPS) is 36.0. The van der Waals surface area contributed by atoms with Crippen LogP contribution < -0.4 is 0 Å². The van der Waals surface area contributed by atoms with E-state index in [-0.39, 0.29) is 11.3 Å². The van der Waals surface area contributed by atoms with Crippen LogP contribution in [0.25, 0.3) is 0 Å². The van der Waals surface area contributed by atoms with Crippen molar-refractivity contribution in [2.75, 3.05) is 6.61 Å². The van der Waals surface area contributed by atoms with Gasteiger partial charge in [-0.25, -0.2) is 4.79 Å². The predicted molar refractivity (Wildman–Crippen MR) is 106 cm³/mol. The second kappa shape index (κ2) is 7.75. The van der Waals surface area contributed by atoms with Crippen molar-refractivity contribution in [2.24, 2.45) is 28.6 Å². The number of aliphatic hydroxyl groups excluding tert-OH is 2. The number of rotatable bonds is 4. The summed E-state index contributed by atoms with van der Waals surface area (Å²) in [4.78, 5) is 24.8. The van der Waals surface area contributed by atoms with Crippen molar-refractivity contribution in [3.63, 3.8) is 0 Å². The van der Waals surface area contributed by atoms with E-state index in [1.165, 1.54) is 11.1 Å². The van der Waals surface area contributed by atoms with Crippen LogP contribution in [-0.2, 0) is 14.3 Å². The third-order valence-electron chi connectivity index (χ3n) is 7.68. The highest BCUT2D eigenvalue weighted by Gasteiger charge is 2.58. The van der Waals surface area contributed by atoms with Crippen molar-refractivity contribution in [2.45, 2.75) is 72.3 Å². The molecule has 3 aliphatic rings. The van der Waals surface area contributed by atoms with Crippen LogP contribution in [0.1, 0.15) is 66.2 Å². The number of hydrogen-bond acceptors (Lipinski definition) is 5. The van der Waals surface area contributed by atoms with Crippen LogP contribution in [0.15, 0.2) is 23.3 Å². The highest BCUT2D eigenvalue weighted by atomic mass is 16.6. The number of ether oxygens (including phenoxy) is 1. The third-order valence-corrected chi connectivity index (χ3v) is 7.68. The lowest BCUT2D eigenvalue weighted by molar-refractivity contribution is -0.182. The lowest BCUT2D eigenvalue weighted by atomic mass is 9.47. The Morgan fingerprint density at radius 2 is 2.00 bits per heavy atom. The summed E-state index contributed by atoms with van der Waals surface area (Å²) in [5, 5.41) is 18.4. The fourth-order valence-electron chi connectivity index (χ4n) is 5.94. The molecule has 28 heavy (non-hydrogen) atoms. The largest absolute Gasteiger partial charge is 0.393 e. The summed E-state index contributed by atoms with van der Waals surface area (Å²) in [5.41, 5.74) is 2.15. The number of carbonyl (C=O) groups is 2. The van der Waals surface area contributed by atoms with Gasteiger partial charge in [-0.15, -0.1) is 0 Å². The Kier molecular flexibility index (Phi) is 5.88. The van der Waals surface area contributed by atoms with Crippen LogP contribution >= 0.6 is 0 Å². The molecule has 0 amide bonds. The Hall–Kier alpha value is -1.46. The molecule has 0 aliphatic heterocycles. The van der Waals surface area contributed by atoms with Gasteiger partial charge in [0.15, 0.2) is 6.10 Å². The van der Waals surface area contributed by atoms with Gasteiger partial charge in [0.2, 0.25) is 0 Å². The molecule has 1 unspecified atom stereocenters. The predicted octanol–water partition coefficient (Wildman–Crippen LogP) is 3.54. The van der Waals surface area contributed by atoms with Gasteiger partial charge in [0.25, 0.3) is 0 Å². The summed E-state index contributed by atoms with van der Waals surface area (Å²) < 4.78 is 5.00. The number of allylic oxidation sites excluding steroid dienone is 4. The number of carbonyl (C=O) groups excluding carboxylic acids is 2. The van der Waals surface area contributed by atoms with Gasteiger partial charge in [-0.2, -0.15) is 0 Å². The van der Waals surface area contributed by atoms with Crippen LogP contribution in [0, 0.1) is 28.6 Å². The molecule has 0 spiro atoms. The van der Waals surface area contributed by atoms with E-state index in [0.717, 1.165) is 32.1 Å². The van der Waals surface area contributed by atoms with E-state index in [4.69, 9.17) is 9.84 Å². The van der Waals surface area contributed by atoms with Crippen molar-refractivity contribution in [1.29, 1.82) is 0 Å². The van der Waals surface area contributed by atoms with Crippen molar-refractivity contribution in [1.82, 2.24) is 0 Å². The molecule has 156 valence electrons. The summed E-state index contributed by atoms with van der Waals surface area (Å²) >= 11 is 0. The lowest BCUT2D eigenvalue weighted by Gasteiger charge is -2.57. The number of aliphatic hydroxyl groups is 2. The van der Waals surface area contributed by atoms with Gasteiger partial charge in [0.05, 0.1) is 12.0 Å². The maximum atomic E-state index is 13.0. The van der Waals surface area contributed by atoms with Gasteiger partial charge in [-0.05, 0) is 67.8 Å². The van der Waals surface area contributed by atoms with Gasteiger partial charge >= 0.3 is 11.9 Å². The zero-order valence-electron chi connectivity index (χ0n) is 17.5. The molecule has 0 aromatic carbocycles. The van der Waals surface area contributed by atoms with E-state index < -0.39 is 30.1 Å². The smallest absolute Gasteiger partial charge is 0.345 e. The van der Waals surface area contributed by atoms with Crippen molar-refractivity contribution in [3.8, 4) is 0 Å². The third kappa shape index (κ3) is 3.48. The topological polar surface area (TPSA) is 83.8 Å². The standard InChI is InChI=1S/C23H34O5/c1-14(2)15-6-8-17-16(12-15)7-9-19-22(17,3)10-5-11-23(19,4)21(27)28-20(26)18(25)13-24/h7,12,14,17-19,24-25H,5-6,8-11,13H2,1-4H3/t17-,18?,19+,22+,23+/m0/s1. The molecule has 3 aliphatic carbocycles. The molecule has 0 radical (unpaired) electrons. The van der Waals surface area contributed by atoms with Gasteiger partial charge < -0.3 is 14.9 Å². The first-order valence-corrected chi connectivity index (χ1v) is 10.6. The Morgan fingerprint density at radius 3 is 2.64 bits per heavy atom. The number of esters is 2. The highest BCUT2D eigenvalue weighted by Crippen LogP contribution is 2.62. The molecule has 1 fully saturated rings. The molecule has 3 rings (SSSR count). The maximum absolute atomic E-state index is 13.0. The second-order valence-electron chi connectivity index (χ2n) is 9.64. The minimum Gasteiger partial charge on any atom is -0.393 e. The molecule has 0 aromatic rings. The van der Waals surface area contributed by atoms with Crippen molar-refractivity contribution < 1.29 is 24.5 Å². The zero-order valence-corrected chi connectivity index (χ0v) is 17.5. The Bertz CT molecular complexity index is 706. The quantitative estimate of drug-likeness (QED) is 0.567. The van der Waals surface area contributed by atoms with E-state index in [2.05, 4.69) is 32.9 Å². The summed E-state index contributed by atoms with van der Waals surface area (Å²) in [6, 6.07) is 0. The summed E-state index contributed by atoms with van der Waals surface area (Å²) in [7, 11) is 0. The molecule has 2 N–H and O–H groups in total. The number of fused-ring (bicyclic) bond motifs is 3. The van der Waals surface area contributed by atoms with Crippen molar-refractivity contribution >= 4 is 11.9 Å². The van der Waals surface area contributed by atoms with Gasteiger partial charge in [0.1, 0.15) is 0 Å². The Labute approximate surface area is 167 Å². The first-order chi connectivity index (χ1) is 13.1. The first-order valence-electron chi connectivity index (χ1n) is 10.6. The first kappa shape index (κ1) is 21.3. The fourth-order valence-corrected chi connectivity index (χ4v) is 5.94. The molecule has 5 atom stereocenters. The summed E-state index contributed by atoms with van der Waals surface area (Å²) in [6.45, 7) is 7.95. The Balaban J connectivity index is 1.88. The van der Waals surface area contributed by atoms with Gasteiger partial charge in [-0.1, -0.05) is 44.9 Å². The van der Waals surface area contributed by atoms with Crippen molar-refractivity contribution in [3.05, 3.63) is 23.3 Å².